The number of para-hydroxylation sites is 1. The quantitative estimate of drug-likeness (QED) is 0.701. The minimum absolute atomic E-state index is 0.0216. The van der Waals surface area contributed by atoms with E-state index < -0.39 is 52.0 Å². The summed E-state index contributed by atoms with van der Waals surface area (Å²) in [5.74, 6) is -3.18. The van der Waals surface area contributed by atoms with E-state index in [1.807, 2.05) is 0 Å². The molecule has 2 atom stereocenters. The van der Waals surface area contributed by atoms with Gasteiger partial charge in [0.05, 0.1) is 23.1 Å². The van der Waals surface area contributed by atoms with Crippen molar-refractivity contribution in [1.82, 2.24) is 5.32 Å². The van der Waals surface area contributed by atoms with Crippen LogP contribution in [-0.2, 0) is 29.0 Å². The maximum Gasteiger partial charge on any atom is 0.311 e. The van der Waals surface area contributed by atoms with Gasteiger partial charge < -0.3 is 15.0 Å². The van der Waals surface area contributed by atoms with Gasteiger partial charge in [0.1, 0.15) is 5.82 Å². The monoisotopic (exact) mass is 398 g/mol. The van der Waals surface area contributed by atoms with Crippen molar-refractivity contribution in [3.05, 3.63) is 30.1 Å². The van der Waals surface area contributed by atoms with Crippen molar-refractivity contribution in [2.75, 3.05) is 29.6 Å². The standard InChI is InChI=1S/C17H19FN2O6S/c18-13-3-1-2-4-14(13)20-8-11(7-16(20)22)17(23)26-9-15(21)19-12-5-6-27(24,25)10-12/h1-4,11-12H,5-10H2,(H,19,21)/t11-,12+/m0/s1. The van der Waals surface area contributed by atoms with Gasteiger partial charge in [-0.25, -0.2) is 12.8 Å². The average molecular weight is 398 g/mol. The molecular formula is C17H19FN2O6S. The Labute approximate surface area is 155 Å². The maximum absolute atomic E-state index is 13.8. The third-order valence-electron chi connectivity index (χ3n) is 4.54. The summed E-state index contributed by atoms with van der Waals surface area (Å²) in [6, 6.07) is 5.28. The topological polar surface area (TPSA) is 110 Å². The number of sulfone groups is 1. The van der Waals surface area contributed by atoms with Crippen molar-refractivity contribution in [2.45, 2.75) is 18.9 Å². The summed E-state index contributed by atoms with van der Waals surface area (Å²) in [6.45, 7) is -0.582. The highest BCUT2D eigenvalue weighted by Gasteiger charge is 2.37. The second-order valence-corrected chi connectivity index (χ2v) is 8.86. The molecule has 2 saturated heterocycles. The largest absolute Gasteiger partial charge is 0.455 e. The van der Waals surface area contributed by atoms with Crippen molar-refractivity contribution in [3.8, 4) is 0 Å². The van der Waals surface area contributed by atoms with Gasteiger partial charge in [-0.1, -0.05) is 12.1 Å². The zero-order valence-electron chi connectivity index (χ0n) is 14.4. The Balaban J connectivity index is 1.50. The number of amides is 2. The van der Waals surface area contributed by atoms with E-state index in [1.165, 1.54) is 23.1 Å². The second-order valence-electron chi connectivity index (χ2n) is 6.63. The van der Waals surface area contributed by atoms with Crippen molar-refractivity contribution >= 4 is 33.3 Å². The molecule has 1 N–H and O–H groups in total. The lowest BCUT2D eigenvalue weighted by Crippen LogP contribution is -2.38. The first-order valence-corrected chi connectivity index (χ1v) is 10.3. The zero-order chi connectivity index (χ0) is 19.6. The molecule has 2 heterocycles. The van der Waals surface area contributed by atoms with Gasteiger partial charge in [-0.3, -0.25) is 14.4 Å². The first kappa shape index (κ1) is 19.3. The van der Waals surface area contributed by atoms with Crippen molar-refractivity contribution in [3.63, 3.8) is 0 Å². The lowest BCUT2D eigenvalue weighted by molar-refractivity contribution is -0.152. The molecule has 1 aromatic carbocycles. The average Bonchev–Trinajstić information content (AvgIpc) is 3.15. The predicted octanol–water partition coefficient (Wildman–Crippen LogP) is 0.0251. The van der Waals surface area contributed by atoms with Gasteiger partial charge in [0.2, 0.25) is 5.91 Å². The minimum Gasteiger partial charge on any atom is -0.455 e. The van der Waals surface area contributed by atoms with Crippen LogP contribution in [0.2, 0.25) is 0 Å². The number of halogens is 1. The van der Waals surface area contributed by atoms with E-state index in [0.29, 0.717) is 6.42 Å². The number of nitrogens with zero attached hydrogens (tertiary/aromatic N) is 1. The van der Waals surface area contributed by atoms with Gasteiger partial charge in [-0.05, 0) is 18.6 Å². The van der Waals surface area contributed by atoms with Gasteiger partial charge in [0.25, 0.3) is 5.91 Å². The number of hydrogen-bond acceptors (Lipinski definition) is 6. The molecule has 2 aliphatic rings. The highest BCUT2D eigenvalue weighted by Crippen LogP contribution is 2.27. The predicted molar refractivity (Wildman–Crippen MR) is 93.0 cm³/mol. The van der Waals surface area contributed by atoms with E-state index in [4.69, 9.17) is 4.74 Å². The smallest absolute Gasteiger partial charge is 0.311 e. The maximum atomic E-state index is 13.8. The Morgan fingerprint density at radius 1 is 1.30 bits per heavy atom. The lowest BCUT2D eigenvalue weighted by Gasteiger charge is -2.17. The summed E-state index contributed by atoms with van der Waals surface area (Å²) in [6.07, 6.45) is 0.201. The molecular weight excluding hydrogens is 379 g/mol. The minimum atomic E-state index is -3.12. The van der Waals surface area contributed by atoms with Crippen LogP contribution < -0.4 is 10.2 Å². The van der Waals surface area contributed by atoms with Crippen LogP contribution in [0.5, 0.6) is 0 Å². The molecule has 27 heavy (non-hydrogen) atoms. The van der Waals surface area contributed by atoms with Crippen LogP contribution in [-0.4, -0.2) is 56.9 Å². The molecule has 0 saturated carbocycles. The van der Waals surface area contributed by atoms with E-state index >= 15 is 0 Å². The van der Waals surface area contributed by atoms with E-state index in [1.54, 1.807) is 6.07 Å². The zero-order valence-corrected chi connectivity index (χ0v) is 15.2. The molecule has 10 heteroatoms. The fourth-order valence-corrected chi connectivity index (χ4v) is 4.87. The van der Waals surface area contributed by atoms with E-state index in [-0.39, 0.29) is 30.2 Å². The van der Waals surface area contributed by atoms with Crippen molar-refractivity contribution < 1.29 is 31.9 Å². The number of esters is 1. The van der Waals surface area contributed by atoms with Crippen LogP contribution in [0.1, 0.15) is 12.8 Å². The number of anilines is 1. The van der Waals surface area contributed by atoms with Gasteiger partial charge in [-0.15, -0.1) is 0 Å². The Bertz CT molecular complexity index is 872. The molecule has 3 rings (SSSR count). The molecule has 0 radical (unpaired) electrons. The molecule has 0 unspecified atom stereocenters. The molecule has 146 valence electrons. The Morgan fingerprint density at radius 2 is 2.04 bits per heavy atom. The summed E-state index contributed by atoms with van der Waals surface area (Å²) in [5, 5.41) is 2.51. The first-order chi connectivity index (χ1) is 12.7. The fourth-order valence-electron chi connectivity index (χ4n) is 3.20. The van der Waals surface area contributed by atoms with Gasteiger partial charge in [0.15, 0.2) is 16.4 Å². The number of rotatable bonds is 5. The summed E-state index contributed by atoms with van der Waals surface area (Å²) in [5.41, 5.74) is 0.0954. The van der Waals surface area contributed by atoms with Crippen LogP contribution in [0.25, 0.3) is 0 Å². The molecule has 0 aromatic heterocycles. The Morgan fingerprint density at radius 3 is 2.70 bits per heavy atom. The van der Waals surface area contributed by atoms with E-state index in [0.717, 1.165) is 0 Å². The molecule has 0 aliphatic carbocycles. The number of ether oxygens (including phenoxy) is 1. The number of benzene rings is 1. The molecule has 8 nitrogen and oxygen atoms in total. The third kappa shape index (κ3) is 4.62. The van der Waals surface area contributed by atoms with Crippen LogP contribution >= 0.6 is 0 Å². The summed E-state index contributed by atoms with van der Waals surface area (Å²) in [7, 11) is -3.12. The van der Waals surface area contributed by atoms with Gasteiger partial charge in [-0.2, -0.15) is 0 Å². The van der Waals surface area contributed by atoms with Crippen molar-refractivity contribution in [1.29, 1.82) is 0 Å². The van der Waals surface area contributed by atoms with Crippen LogP contribution in [0, 0.1) is 11.7 Å². The first-order valence-electron chi connectivity index (χ1n) is 8.46. The van der Waals surface area contributed by atoms with Crippen molar-refractivity contribution in [2.24, 2.45) is 5.92 Å². The number of carbonyl (C=O) groups excluding carboxylic acids is 3. The summed E-state index contributed by atoms with van der Waals surface area (Å²) < 4.78 is 41.5. The third-order valence-corrected chi connectivity index (χ3v) is 6.31. The van der Waals surface area contributed by atoms with E-state index in [2.05, 4.69) is 5.32 Å². The Hall–Kier alpha value is -2.49. The van der Waals surface area contributed by atoms with Gasteiger partial charge in [0, 0.05) is 19.0 Å². The second kappa shape index (κ2) is 7.63. The molecule has 1 aromatic rings. The fraction of sp³-hybridized carbons (Fsp3) is 0.471. The molecule has 2 fully saturated rings. The molecule has 2 amide bonds. The normalized spacial score (nSPS) is 24.0. The molecule has 2 aliphatic heterocycles. The van der Waals surface area contributed by atoms with E-state index in [9.17, 15) is 27.2 Å². The number of carbonyl (C=O) groups is 3. The van der Waals surface area contributed by atoms with Gasteiger partial charge >= 0.3 is 5.97 Å². The molecule has 0 spiro atoms. The Kier molecular flexibility index (Phi) is 5.45. The summed E-state index contributed by atoms with van der Waals surface area (Å²) in [4.78, 5) is 37.2. The summed E-state index contributed by atoms with van der Waals surface area (Å²) >= 11 is 0. The highest BCUT2D eigenvalue weighted by molar-refractivity contribution is 7.91. The highest BCUT2D eigenvalue weighted by atomic mass is 32.2. The van der Waals surface area contributed by atoms with Crippen LogP contribution in [0.3, 0.4) is 0 Å². The van der Waals surface area contributed by atoms with Crippen LogP contribution in [0.15, 0.2) is 24.3 Å². The number of nitrogens with one attached hydrogen (secondary N) is 1. The van der Waals surface area contributed by atoms with Crippen LogP contribution in [0.4, 0.5) is 10.1 Å². The SMILES string of the molecule is O=C(COC(=O)[C@H]1CC(=O)N(c2ccccc2F)C1)N[C@@H]1CCS(=O)(=O)C1. The lowest BCUT2D eigenvalue weighted by atomic mass is 10.1. The molecule has 0 bridgehead atoms. The number of hydrogen-bond donors (Lipinski definition) is 1.